The second-order valence-corrected chi connectivity index (χ2v) is 5.46. The summed E-state index contributed by atoms with van der Waals surface area (Å²) in [7, 11) is 0. The molecule has 0 radical (unpaired) electrons. The molecule has 0 aliphatic rings. The minimum Gasteiger partial charge on any atom is -0.325 e. The van der Waals surface area contributed by atoms with Gasteiger partial charge in [-0.1, -0.05) is 15.9 Å². The Morgan fingerprint density at radius 1 is 1.27 bits per heavy atom. The lowest BCUT2D eigenvalue weighted by atomic mass is 10.3. The van der Waals surface area contributed by atoms with Crippen LogP contribution in [0.3, 0.4) is 0 Å². The van der Waals surface area contributed by atoms with Crippen molar-refractivity contribution >= 4 is 33.2 Å². The fourth-order valence-electron chi connectivity index (χ4n) is 1.93. The molecule has 2 aromatic rings. The van der Waals surface area contributed by atoms with Crippen molar-refractivity contribution in [2.24, 2.45) is 0 Å². The van der Waals surface area contributed by atoms with Gasteiger partial charge >= 0.3 is 0 Å². The first-order valence-corrected chi connectivity index (χ1v) is 7.08. The average molecular weight is 366 g/mol. The van der Waals surface area contributed by atoms with Crippen molar-refractivity contribution in [2.75, 3.05) is 5.32 Å². The lowest BCUT2D eigenvalue weighted by Gasteiger charge is -2.10. The normalized spacial score (nSPS) is 10.3. The molecule has 1 N–H and O–H groups in total. The Balaban J connectivity index is 2.21. The van der Waals surface area contributed by atoms with Crippen molar-refractivity contribution in [1.29, 1.82) is 0 Å². The topological polar surface area (TPSA) is 94.2 Å². The summed E-state index contributed by atoms with van der Waals surface area (Å²) in [6.07, 6.45) is 0. The third-order valence-corrected chi connectivity index (χ3v) is 3.58. The Morgan fingerprint density at radius 3 is 2.50 bits per heavy atom. The van der Waals surface area contributed by atoms with E-state index in [4.69, 9.17) is 0 Å². The van der Waals surface area contributed by atoms with Crippen molar-refractivity contribution in [2.45, 2.75) is 13.5 Å². The molecule has 0 fully saturated rings. The second kappa shape index (κ2) is 6.52. The van der Waals surface area contributed by atoms with E-state index in [1.807, 2.05) is 0 Å². The molecule has 0 saturated carbocycles. The monoisotopic (exact) mass is 365 g/mol. The van der Waals surface area contributed by atoms with Crippen LogP contribution in [-0.4, -0.2) is 15.4 Å². The van der Waals surface area contributed by atoms with Gasteiger partial charge in [0.25, 0.3) is 11.2 Å². The van der Waals surface area contributed by atoms with Gasteiger partial charge < -0.3 is 5.32 Å². The molecule has 8 heteroatoms. The molecule has 7 nitrogen and oxygen atoms in total. The number of nitro groups is 1. The smallest absolute Gasteiger partial charge is 0.288 e. The molecule has 1 aromatic carbocycles. The maximum Gasteiger partial charge on any atom is 0.288 e. The Kier molecular flexibility index (Phi) is 4.71. The van der Waals surface area contributed by atoms with Crippen LogP contribution in [0.1, 0.15) is 5.69 Å². The zero-order valence-corrected chi connectivity index (χ0v) is 13.2. The predicted molar refractivity (Wildman–Crippen MR) is 84.9 cm³/mol. The molecule has 0 unspecified atom stereocenters. The van der Waals surface area contributed by atoms with Crippen LogP contribution >= 0.6 is 15.9 Å². The number of carbonyl (C=O) groups excluding carboxylic acids is 1. The van der Waals surface area contributed by atoms with E-state index in [-0.39, 0.29) is 17.9 Å². The summed E-state index contributed by atoms with van der Waals surface area (Å²) in [5, 5.41) is 13.5. The Bertz CT molecular complexity index is 784. The van der Waals surface area contributed by atoms with Gasteiger partial charge in [-0.15, -0.1) is 0 Å². The molecule has 114 valence electrons. The van der Waals surface area contributed by atoms with E-state index in [1.165, 1.54) is 6.92 Å². The van der Waals surface area contributed by atoms with Gasteiger partial charge in [-0.05, 0) is 31.2 Å². The SMILES string of the molecule is Cc1c([N+](=O)[O-])ccc(=O)n1CC(=O)Nc1ccc(Br)cc1. The second-order valence-electron chi connectivity index (χ2n) is 4.54. The lowest BCUT2D eigenvalue weighted by Crippen LogP contribution is -2.29. The molecule has 0 bridgehead atoms. The van der Waals surface area contributed by atoms with Crippen LogP contribution in [0.2, 0.25) is 0 Å². The molecule has 0 atom stereocenters. The van der Waals surface area contributed by atoms with Crippen molar-refractivity contribution < 1.29 is 9.72 Å². The maximum absolute atomic E-state index is 12.0. The van der Waals surface area contributed by atoms with Crippen LogP contribution in [0.25, 0.3) is 0 Å². The minimum atomic E-state index is -0.585. The molecule has 1 aromatic heterocycles. The number of halogens is 1. The van der Waals surface area contributed by atoms with Crippen LogP contribution in [-0.2, 0) is 11.3 Å². The molecular formula is C14H12BrN3O4. The molecule has 22 heavy (non-hydrogen) atoms. The van der Waals surface area contributed by atoms with Crippen molar-refractivity contribution in [1.82, 2.24) is 4.57 Å². The van der Waals surface area contributed by atoms with Crippen molar-refractivity contribution in [3.8, 4) is 0 Å². The maximum atomic E-state index is 12.0. The Morgan fingerprint density at radius 2 is 1.91 bits per heavy atom. The number of anilines is 1. The van der Waals surface area contributed by atoms with Gasteiger partial charge in [-0.3, -0.25) is 24.3 Å². The highest BCUT2D eigenvalue weighted by molar-refractivity contribution is 9.10. The first kappa shape index (κ1) is 15.9. The minimum absolute atomic E-state index is 0.142. The van der Waals surface area contributed by atoms with Crippen molar-refractivity contribution in [3.63, 3.8) is 0 Å². The van der Waals surface area contributed by atoms with E-state index in [0.717, 1.165) is 21.2 Å². The zero-order valence-electron chi connectivity index (χ0n) is 11.6. The van der Waals surface area contributed by atoms with Crippen LogP contribution in [0.15, 0.2) is 45.7 Å². The summed E-state index contributed by atoms with van der Waals surface area (Å²) in [4.78, 5) is 34.1. The number of hydrogen-bond donors (Lipinski definition) is 1. The van der Waals surface area contributed by atoms with Gasteiger partial charge in [-0.2, -0.15) is 0 Å². The largest absolute Gasteiger partial charge is 0.325 e. The van der Waals surface area contributed by atoms with E-state index in [0.29, 0.717) is 5.69 Å². The van der Waals surface area contributed by atoms with Crippen molar-refractivity contribution in [3.05, 3.63) is 67.0 Å². The number of aromatic nitrogens is 1. The first-order valence-electron chi connectivity index (χ1n) is 6.29. The number of nitrogens with zero attached hydrogens (tertiary/aromatic N) is 2. The highest BCUT2D eigenvalue weighted by Crippen LogP contribution is 2.16. The van der Waals surface area contributed by atoms with E-state index < -0.39 is 16.4 Å². The molecule has 0 spiro atoms. The Hall–Kier alpha value is -2.48. The van der Waals surface area contributed by atoms with Gasteiger partial charge in [0.1, 0.15) is 6.54 Å². The van der Waals surface area contributed by atoms with Gasteiger partial charge in [0.05, 0.1) is 10.6 Å². The van der Waals surface area contributed by atoms with Gasteiger partial charge in [0.15, 0.2) is 0 Å². The standard InChI is InChI=1S/C14H12BrN3O4/c1-9-12(18(21)22)6-7-14(20)17(9)8-13(19)16-11-4-2-10(15)3-5-11/h2-7H,8H2,1H3,(H,16,19). The van der Waals surface area contributed by atoms with E-state index >= 15 is 0 Å². The van der Waals surface area contributed by atoms with Crippen LogP contribution in [0.4, 0.5) is 11.4 Å². The summed E-state index contributed by atoms with van der Waals surface area (Å²) in [5.41, 5.74) is 0.0536. The van der Waals surface area contributed by atoms with E-state index in [9.17, 15) is 19.7 Å². The Labute approximate surface area is 133 Å². The average Bonchev–Trinajstić information content (AvgIpc) is 2.45. The number of nitrogens with one attached hydrogen (secondary N) is 1. The predicted octanol–water partition coefficient (Wildman–Crippen LogP) is 2.47. The molecular weight excluding hydrogens is 354 g/mol. The summed E-state index contributed by atoms with van der Waals surface area (Å²) < 4.78 is 1.95. The molecule has 2 rings (SSSR count). The van der Waals surface area contributed by atoms with Gasteiger partial charge in [0, 0.05) is 22.3 Å². The van der Waals surface area contributed by atoms with E-state index in [1.54, 1.807) is 24.3 Å². The fraction of sp³-hybridized carbons (Fsp3) is 0.143. The van der Waals surface area contributed by atoms with Crippen LogP contribution in [0, 0.1) is 17.0 Å². The number of carbonyl (C=O) groups is 1. The number of benzene rings is 1. The summed E-state index contributed by atoms with van der Waals surface area (Å²) in [6, 6.07) is 9.15. The lowest BCUT2D eigenvalue weighted by molar-refractivity contribution is -0.386. The molecule has 0 aliphatic heterocycles. The summed E-state index contributed by atoms with van der Waals surface area (Å²) in [5.74, 6) is -0.437. The van der Waals surface area contributed by atoms with Gasteiger partial charge in [0.2, 0.25) is 5.91 Å². The van der Waals surface area contributed by atoms with Gasteiger partial charge in [-0.25, -0.2) is 0 Å². The molecule has 0 saturated heterocycles. The fourth-order valence-corrected chi connectivity index (χ4v) is 2.20. The summed E-state index contributed by atoms with van der Waals surface area (Å²) in [6.45, 7) is 1.15. The summed E-state index contributed by atoms with van der Waals surface area (Å²) >= 11 is 3.28. The first-order chi connectivity index (χ1) is 10.4. The highest BCUT2D eigenvalue weighted by atomic mass is 79.9. The van der Waals surface area contributed by atoms with E-state index in [2.05, 4.69) is 21.2 Å². The molecule has 1 amide bonds. The zero-order chi connectivity index (χ0) is 16.3. The number of rotatable bonds is 4. The number of amides is 1. The highest BCUT2D eigenvalue weighted by Gasteiger charge is 2.16. The molecule has 0 aliphatic carbocycles. The number of pyridine rings is 1. The quantitative estimate of drug-likeness (QED) is 0.664. The van der Waals surface area contributed by atoms with Crippen LogP contribution < -0.4 is 10.9 Å². The third-order valence-electron chi connectivity index (χ3n) is 3.05. The number of hydrogen-bond acceptors (Lipinski definition) is 4. The van der Waals surface area contributed by atoms with Crippen LogP contribution in [0.5, 0.6) is 0 Å². The molecule has 1 heterocycles. The third kappa shape index (κ3) is 3.59.